The Labute approximate surface area is 162 Å². The lowest BCUT2D eigenvalue weighted by atomic mass is 10.1. The molecule has 26 heavy (non-hydrogen) atoms. The van der Waals surface area contributed by atoms with Crippen molar-refractivity contribution in [2.45, 2.75) is 45.3 Å². The molecule has 2 aromatic rings. The summed E-state index contributed by atoms with van der Waals surface area (Å²) in [5.74, 6) is -0.797. The first-order valence-electron chi connectivity index (χ1n) is 8.88. The van der Waals surface area contributed by atoms with Crippen LogP contribution in [0.4, 0.5) is 0 Å². The predicted molar refractivity (Wildman–Crippen MR) is 108 cm³/mol. The van der Waals surface area contributed by atoms with E-state index >= 15 is 0 Å². The van der Waals surface area contributed by atoms with Crippen LogP contribution in [0.25, 0.3) is 5.57 Å². The van der Waals surface area contributed by atoms with Crippen molar-refractivity contribution in [3.8, 4) is 0 Å². The van der Waals surface area contributed by atoms with Gasteiger partial charge in [-0.2, -0.15) is 0 Å². The van der Waals surface area contributed by atoms with Crippen molar-refractivity contribution in [1.82, 2.24) is 4.90 Å². The van der Waals surface area contributed by atoms with Crippen molar-refractivity contribution >= 4 is 34.2 Å². The van der Waals surface area contributed by atoms with Crippen LogP contribution in [0.15, 0.2) is 29.0 Å². The molecule has 1 saturated heterocycles. The summed E-state index contributed by atoms with van der Waals surface area (Å²) in [4.78, 5) is 15.8. The molecule has 1 fully saturated rings. The van der Waals surface area contributed by atoms with E-state index < -0.39 is 12.1 Å². The molecule has 140 valence electrons. The van der Waals surface area contributed by atoms with Gasteiger partial charge in [0.15, 0.2) is 0 Å². The Bertz CT molecular complexity index is 750. The molecule has 0 unspecified atom stereocenters. The van der Waals surface area contributed by atoms with Gasteiger partial charge in [-0.25, -0.2) is 0 Å². The van der Waals surface area contributed by atoms with Crippen molar-refractivity contribution in [2.24, 2.45) is 0 Å². The van der Waals surface area contributed by atoms with Crippen molar-refractivity contribution in [1.29, 1.82) is 0 Å². The molecule has 1 aliphatic rings. The van der Waals surface area contributed by atoms with E-state index in [2.05, 4.69) is 47.7 Å². The number of aliphatic hydroxyl groups excluding tert-OH is 1. The number of likely N-dealkylation sites (tertiary alicyclic amines) is 1. The van der Waals surface area contributed by atoms with Crippen molar-refractivity contribution < 1.29 is 15.0 Å². The molecule has 3 heterocycles. The molecule has 4 nitrogen and oxygen atoms in total. The summed E-state index contributed by atoms with van der Waals surface area (Å²) < 4.78 is 0. The van der Waals surface area contributed by atoms with Crippen LogP contribution in [0, 0.1) is 13.8 Å². The van der Waals surface area contributed by atoms with Crippen LogP contribution in [0.2, 0.25) is 0 Å². The van der Waals surface area contributed by atoms with Crippen LogP contribution >= 0.6 is 22.7 Å². The minimum absolute atomic E-state index is 0.0636. The Hall–Kier alpha value is -1.47. The highest BCUT2D eigenvalue weighted by molar-refractivity contribution is 7.14. The van der Waals surface area contributed by atoms with Crippen LogP contribution in [0.3, 0.4) is 0 Å². The summed E-state index contributed by atoms with van der Waals surface area (Å²) in [5.41, 5.74) is 3.85. The van der Waals surface area contributed by atoms with Crippen LogP contribution in [0.5, 0.6) is 0 Å². The molecular weight excluding hydrogens is 366 g/mol. The van der Waals surface area contributed by atoms with Gasteiger partial charge in [0, 0.05) is 34.5 Å². The third-order valence-electron chi connectivity index (χ3n) is 4.89. The average Bonchev–Trinajstić information content (AvgIpc) is 3.26. The maximum absolute atomic E-state index is 11.1. The Kier molecular flexibility index (Phi) is 6.29. The first-order valence-corrected chi connectivity index (χ1v) is 10.6. The van der Waals surface area contributed by atoms with Gasteiger partial charge in [-0.3, -0.25) is 9.69 Å². The first-order chi connectivity index (χ1) is 12.5. The van der Waals surface area contributed by atoms with Crippen LogP contribution in [0.1, 0.15) is 40.1 Å². The largest absolute Gasteiger partial charge is 0.481 e. The second-order valence-electron chi connectivity index (χ2n) is 6.91. The fourth-order valence-electron chi connectivity index (χ4n) is 3.61. The number of hydrogen-bond acceptors (Lipinski definition) is 5. The third kappa shape index (κ3) is 4.43. The normalized spacial score (nSPS) is 20.4. The summed E-state index contributed by atoms with van der Waals surface area (Å²) in [7, 11) is 0. The molecule has 0 aromatic carbocycles. The molecule has 2 N–H and O–H groups in total. The van der Waals surface area contributed by atoms with Crippen molar-refractivity contribution in [3.05, 3.63) is 49.9 Å². The van der Waals surface area contributed by atoms with Gasteiger partial charge in [0.2, 0.25) is 0 Å². The van der Waals surface area contributed by atoms with Gasteiger partial charge in [-0.15, -0.1) is 22.7 Å². The molecule has 2 atom stereocenters. The quantitative estimate of drug-likeness (QED) is 0.744. The van der Waals surface area contributed by atoms with E-state index in [0.717, 1.165) is 13.0 Å². The number of carboxylic acids is 1. The summed E-state index contributed by atoms with van der Waals surface area (Å²) in [6.45, 7) is 5.62. The molecule has 2 aromatic heterocycles. The third-order valence-corrected chi connectivity index (χ3v) is 6.99. The molecule has 0 radical (unpaired) electrons. The van der Waals surface area contributed by atoms with Crippen LogP contribution < -0.4 is 0 Å². The number of carbonyl (C=O) groups is 1. The minimum atomic E-state index is -0.797. The Balaban J connectivity index is 1.76. The molecule has 0 amide bonds. The average molecular weight is 392 g/mol. The number of nitrogens with zero attached hydrogens (tertiary/aromatic N) is 1. The maximum Gasteiger partial charge on any atom is 0.304 e. The van der Waals surface area contributed by atoms with Gasteiger partial charge in [0.05, 0.1) is 12.5 Å². The highest BCUT2D eigenvalue weighted by atomic mass is 32.1. The highest BCUT2D eigenvalue weighted by Crippen LogP contribution is 2.35. The number of aliphatic hydroxyl groups is 1. The van der Waals surface area contributed by atoms with E-state index in [0.29, 0.717) is 13.0 Å². The Morgan fingerprint density at radius 3 is 2.35 bits per heavy atom. The zero-order chi connectivity index (χ0) is 18.7. The lowest BCUT2D eigenvalue weighted by Crippen LogP contribution is -2.32. The summed E-state index contributed by atoms with van der Waals surface area (Å²) in [5, 5.41) is 23.3. The number of thiophene rings is 2. The molecule has 1 aliphatic heterocycles. The van der Waals surface area contributed by atoms with Gasteiger partial charge in [-0.1, -0.05) is 6.08 Å². The molecule has 0 saturated carbocycles. The molecule has 0 spiro atoms. The smallest absolute Gasteiger partial charge is 0.304 e. The summed E-state index contributed by atoms with van der Waals surface area (Å²) >= 11 is 3.53. The fourth-order valence-corrected chi connectivity index (χ4v) is 5.62. The lowest BCUT2D eigenvalue weighted by Gasteiger charge is -2.22. The Morgan fingerprint density at radius 2 is 1.85 bits per heavy atom. The second kappa shape index (κ2) is 8.48. The number of hydrogen-bond donors (Lipinski definition) is 2. The van der Waals surface area contributed by atoms with Crippen molar-refractivity contribution in [3.63, 3.8) is 0 Å². The first kappa shape index (κ1) is 19.3. The molecular formula is C20H25NO3S2. The van der Waals surface area contributed by atoms with E-state index in [1.54, 1.807) is 22.7 Å². The van der Waals surface area contributed by atoms with Crippen molar-refractivity contribution in [2.75, 3.05) is 13.1 Å². The second-order valence-corrected chi connectivity index (χ2v) is 8.74. The Morgan fingerprint density at radius 1 is 1.23 bits per heavy atom. The van der Waals surface area contributed by atoms with Gasteiger partial charge in [-0.05, 0) is 60.7 Å². The van der Waals surface area contributed by atoms with E-state index in [9.17, 15) is 9.90 Å². The SMILES string of the molecule is Cc1ccsc1C(=CCCN1C[C@H](O)C[C@H]1CC(=O)O)c1sccc1C. The minimum Gasteiger partial charge on any atom is -0.481 e. The van der Waals surface area contributed by atoms with Gasteiger partial charge in [0.25, 0.3) is 0 Å². The summed E-state index contributed by atoms with van der Waals surface area (Å²) in [6, 6.07) is 4.23. The van der Waals surface area contributed by atoms with Crippen LogP contribution in [-0.2, 0) is 4.79 Å². The molecule has 6 heteroatoms. The van der Waals surface area contributed by atoms with Crippen LogP contribution in [-0.4, -0.2) is 46.3 Å². The monoisotopic (exact) mass is 391 g/mol. The zero-order valence-electron chi connectivity index (χ0n) is 15.1. The maximum atomic E-state index is 11.1. The number of aryl methyl sites for hydroxylation is 2. The molecule has 0 bridgehead atoms. The van der Waals surface area contributed by atoms with Gasteiger partial charge >= 0.3 is 5.97 Å². The highest BCUT2D eigenvalue weighted by Gasteiger charge is 2.31. The standard InChI is InChI=1S/C20H25NO3S2/c1-13-5-8-25-19(13)17(20-14(2)6-9-26-20)4-3-7-21-12-16(22)10-15(21)11-18(23)24/h4-6,8-9,15-16,22H,3,7,10-12H2,1-2H3,(H,23,24)/t15-,16+/m0/s1. The number of carboxylic acid groups (broad SMARTS) is 1. The number of β-amino-alcohol motifs (C(OH)–C–C–N with tert-alkyl or cyclic N) is 1. The number of aliphatic carboxylic acids is 1. The number of rotatable bonds is 7. The zero-order valence-corrected chi connectivity index (χ0v) is 16.8. The van der Waals surface area contributed by atoms with Gasteiger partial charge in [0.1, 0.15) is 0 Å². The fraction of sp³-hybridized carbons (Fsp3) is 0.450. The van der Waals surface area contributed by atoms with E-state index in [1.165, 1.54) is 26.5 Å². The predicted octanol–water partition coefficient (Wildman–Crippen LogP) is 4.16. The molecule has 0 aliphatic carbocycles. The topological polar surface area (TPSA) is 60.8 Å². The van der Waals surface area contributed by atoms with E-state index in [1.807, 2.05) is 0 Å². The van der Waals surface area contributed by atoms with E-state index in [4.69, 9.17) is 5.11 Å². The molecule has 3 rings (SSSR count). The lowest BCUT2D eigenvalue weighted by molar-refractivity contribution is -0.138. The van der Waals surface area contributed by atoms with Gasteiger partial charge < -0.3 is 10.2 Å². The van der Waals surface area contributed by atoms with E-state index in [-0.39, 0.29) is 12.5 Å². The summed E-state index contributed by atoms with van der Waals surface area (Å²) in [6.07, 6.45) is 3.35.